The van der Waals surface area contributed by atoms with E-state index in [9.17, 15) is 0 Å². The molecule has 0 aliphatic carbocycles. The van der Waals surface area contributed by atoms with Gasteiger partial charge in [0.1, 0.15) is 16.1 Å². The molecule has 0 radical (unpaired) electrons. The van der Waals surface area contributed by atoms with Crippen LogP contribution in [0.3, 0.4) is 0 Å². The third-order valence-electron chi connectivity index (χ3n) is 3.44. The van der Waals surface area contributed by atoms with Crippen molar-refractivity contribution in [1.29, 1.82) is 5.41 Å². The van der Waals surface area contributed by atoms with E-state index in [-0.39, 0.29) is 5.49 Å². The van der Waals surface area contributed by atoms with Gasteiger partial charge >= 0.3 is 6.01 Å². The third kappa shape index (κ3) is 1.74. The molecule has 0 aliphatic heterocycles. The number of benzene rings is 1. The van der Waals surface area contributed by atoms with Gasteiger partial charge in [-0.15, -0.1) is 5.10 Å². The lowest BCUT2D eigenvalue weighted by Gasteiger charge is -2.05. The summed E-state index contributed by atoms with van der Waals surface area (Å²) in [5, 5.41) is 18.0. The molecule has 1 N–H and O–H groups in total. The summed E-state index contributed by atoms with van der Waals surface area (Å²) >= 11 is 1.37. The molecule has 0 fully saturated rings. The largest absolute Gasteiger partial charge is 0.497 e. The zero-order valence-corrected chi connectivity index (χ0v) is 12.6. The van der Waals surface area contributed by atoms with Gasteiger partial charge in [-0.05, 0) is 24.3 Å². The van der Waals surface area contributed by atoms with Gasteiger partial charge in [0.05, 0.1) is 25.1 Å². The Morgan fingerprint density at radius 3 is 2.77 bits per heavy atom. The topological polar surface area (TPSA) is 85.4 Å². The van der Waals surface area contributed by atoms with E-state index in [1.807, 2.05) is 24.3 Å². The number of methoxy groups -OCH3 is 2. The Balaban J connectivity index is 2.15. The van der Waals surface area contributed by atoms with Crippen LogP contribution in [-0.4, -0.2) is 33.8 Å². The second-order valence-corrected chi connectivity index (χ2v) is 5.61. The van der Waals surface area contributed by atoms with Crippen molar-refractivity contribution in [3.63, 3.8) is 0 Å². The van der Waals surface area contributed by atoms with Crippen molar-refractivity contribution in [1.82, 2.24) is 19.6 Å². The van der Waals surface area contributed by atoms with E-state index in [1.165, 1.54) is 18.4 Å². The molecule has 0 saturated heterocycles. The van der Waals surface area contributed by atoms with Crippen LogP contribution in [0.1, 0.15) is 0 Å². The van der Waals surface area contributed by atoms with Crippen LogP contribution >= 0.6 is 11.3 Å². The Kier molecular flexibility index (Phi) is 2.73. The standard InChI is InChI=1S/C14H11N5O2S/c1-20-8-3-4-10-7(5-8)6-9-11(15)19-13(21-2)17-18-14(19)22-12(9)16-10/h3-6,15H,1-2H3. The lowest BCUT2D eigenvalue weighted by atomic mass is 10.2. The fourth-order valence-corrected chi connectivity index (χ4v) is 3.29. The molecule has 0 saturated carbocycles. The lowest BCUT2D eigenvalue weighted by Crippen LogP contribution is -2.13. The number of fused-ring (bicyclic) bond motifs is 3. The van der Waals surface area contributed by atoms with Crippen LogP contribution in [0.2, 0.25) is 0 Å². The zero-order valence-electron chi connectivity index (χ0n) is 11.8. The fraction of sp³-hybridized carbons (Fsp3) is 0.143. The van der Waals surface area contributed by atoms with Gasteiger partial charge in [0.15, 0.2) is 0 Å². The molecule has 4 aromatic rings. The average molecular weight is 313 g/mol. The van der Waals surface area contributed by atoms with Gasteiger partial charge in [-0.2, -0.15) is 0 Å². The van der Waals surface area contributed by atoms with Crippen LogP contribution in [0.15, 0.2) is 24.3 Å². The van der Waals surface area contributed by atoms with Gasteiger partial charge in [0, 0.05) is 5.39 Å². The minimum Gasteiger partial charge on any atom is -0.497 e. The Morgan fingerprint density at radius 1 is 1.14 bits per heavy atom. The van der Waals surface area contributed by atoms with Gasteiger partial charge in [-0.25, -0.2) is 9.38 Å². The maximum absolute atomic E-state index is 8.41. The highest BCUT2D eigenvalue weighted by molar-refractivity contribution is 7.22. The van der Waals surface area contributed by atoms with Crippen molar-refractivity contribution in [2.24, 2.45) is 0 Å². The van der Waals surface area contributed by atoms with E-state index in [2.05, 4.69) is 15.2 Å². The van der Waals surface area contributed by atoms with Crippen LogP contribution in [0.4, 0.5) is 0 Å². The van der Waals surface area contributed by atoms with Crippen molar-refractivity contribution < 1.29 is 9.47 Å². The molecule has 8 heteroatoms. The smallest absolute Gasteiger partial charge is 0.323 e. The Morgan fingerprint density at radius 2 is 2.00 bits per heavy atom. The van der Waals surface area contributed by atoms with Gasteiger partial charge in [0.25, 0.3) is 0 Å². The molecule has 22 heavy (non-hydrogen) atoms. The second kappa shape index (κ2) is 4.63. The first-order chi connectivity index (χ1) is 10.7. The van der Waals surface area contributed by atoms with E-state index in [1.54, 1.807) is 11.5 Å². The van der Waals surface area contributed by atoms with Crippen molar-refractivity contribution in [3.8, 4) is 11.8 Å². The molecular weight excluding hydrogens is 302 g/mol. The average Bonchev–Trinajstić information content (AvgIpc) is 2.96. The summed E-state index contributed by atoms with van der Waals surface area (Å²) < 4.78 is 12.0. The zero-order chi connectivity index (χ0) is 15.3. The van der Waals surface area contributed by atoms with Crippen molar-refractivity contribution >= 4 is 37.4 Å². The lowest BCUT2D eigenvalue weighted by molar-refractivity contribution is 0.373. The molecular formula is C14H11N5O2S. The maximum atomic E-state index is 8.41. The highest BCUT2D eigenvalue weighted by Gasteiger charge is 2.12. The number of ether oxygens (including phenoxy) is 2. The monoisotopic (exact) mass is 313 g/mol. The summed E-state index contributed by atoms with van der Waals surface area (Å²) in [6, 6.07) is 7.89. The number of rotatable bonds is 2. The Hall–Kier alpha value is -2.74. The second-order valence-electron chi connectivity index (χ2n) is 4.66. The van der Waals surface area contributed by atoms with E-state index in [0.29, 0.717) is 11.0 Å². The number of hydrogen-bond acceptors (Lipinski definition) is 7. The molecule has 0 atom stereocenters. The molecule has 0 unspecified atom stereocenters. The predicted molar refractivity (Wildman–Crippen MR) is 82.6 cm³/mol. The minimum atomic E-state index is 0.253. The molecule has 0 aliphatic rings. The summed E-state index contributed by atoms with van der Waals surface area (Å²) in [6.45, 7) is 0. The molecule has 4 rings (SSSR count). The van der Waals surface area contributed by atoms with Crippen LogP contribution in [0, 0.1) is 5.41 Å². The number of aromatic nitrogens is 4. The Labute approximate surface area is 128 Å². The van der Waals surface area contributed by atoms with Gasteiger partial charge < -0.3 is 9.47 Å². The highest BCUT2D eigenvalue weighted by Crippen LogP contribution is 2.25. The summed E-state index contributed by atoms with van der Waals surface area (Å²) in [7, 11) is 3.13. The van der Waals surface area contributed by atoms with Crippen molar-refractivity contribution in [2.45, 2.75) is 0 Å². The maximum Gasteiger partial charge on any atom is 0.323 e. The molecule has 7 nitrogen and oxygen atoms in total. The van der Waals surface area contributed by atoms with E-state index >= 15 is 0 Å². The molecule has 110 valence electrons. The molecule has 0 amide bonds. The molecule has 0 bridgehead atoms. The van der Waals surface area contributed by atoms with Crippen LogP contribution in [-0.2, 0) is 0 Å². The minimum absolute atomic E-state index is 0.253. The van der Waals surface area contributed by atoms with Crippen molar-refractivity contribution in [2.75, 3.05) is 14.2 Å². The number of nitrogens with one attached hydrogen (secondary N) is 1. The van der Waals surface area contributed by atoms with Gasteiger partial charge in [-0.3, -0.25) is 5.41 Å². The van der Waals surface area contributed by atoms with E-state index in [4.69, 9.17) is 14.9 Å². The molecule has 0 spiro atoms. The number of nitrogens with zero attached hydrogens (tertiary/aromatic N) is 4. The van der Waals surface area contributed by atoms with Crippen molar-refractivity contribution in [3.05, 3.63) is 29.8 Å². The van der Waals surface area contributed by atoms with Gasteiger partial charge in [0.2, 0.25) is 4.96 Å². The van der Waals surface area contributed by atoms with Crippen LogP contribution in [0.25, 0.3) is 26.1 Å². The summed E-state index contributed by atoms with van der Waals surface area (Å²) in [6.07, 6.45) is 0. The summed E-state index contributed by atoms with van der Waals surface area (Å²) in [5.74, 6) is 0.756. The SMILES string of the molecule is COc1ccc2nc3sc4nnc(OC)n4c(=N)c3cc2c1. The first kappa shape index (κ1) is 13.0. The quantitative estimate of drug-likeness (QED) is 0.572. The fourth-order valence-electron chi connectivity index (χ4n) is 2.36. The van der Waals surface area contributed by atoms with E-state index < -0.39 is 0 Å². The van der Waals surface area contributed by atoms with Gasteiger partial charge in [-0.1, -0.05) is 16.4 Å². The third-order valence-corrected chi connectivity index (χ3v) is 4.39. The predicted octanol–water partition coefficient (Wildman–Crippen LogP) is 1.99. The Bertz CT molecular complexity index is 1090. The molecule has 3 aromatic heterocycles. The number of hydrogen-bond donors (Lipinski definition) is 1. The normalized spacial score (nSPS) is 11.4. The number of pyridine rings is 1. The summed E-state index contributed by atoms with van der Waals surface area (Å²) in [4.78, 5) is 5.94. The molecule has 3 heterocycles. The van der Waals surface area contributed by atoms with E-state index in [0.717, 1.165) is 26.9 Å². The summed E-state index contributed by atoms with van der Waals surface area (Å²) in [5.41, 5.74) is 1.10. The highest BCUT2D eigenvalue weighted by atomic mass is 32.1. The first-order valence-corrected chi connectivity index (χ1v) is 7.28. The van der Waals surface area contributed by atoms with Crippen LogP contribution < -0.4 is 15.0 Å². The van der Waals surface area contributed by atoms with Crippen LogP contribution in [0.5, 0.6) is 11.8 Å². The molecule has 1 aromatic carbocycles. The first-order valence-electron chi connectivity index (χ1n) is 6.46.